The zero-order chi connectivity index (χ0) is 15.7. The van der Waals surface area contributed by atoms with Crippen molar-refractivity contribution < 1.29 is 23.8 Å². The predicted octanol–water partition coefficient (Wildman–Crippen LogP) is 0.381. The highest BCUT2D eigenvalue weighted by molar-refractivity contribution is 7.80. The Morgan fingerprint density at radius 2 is 1.86 bits per heavy atom. The van der Waals surface area contributed by atoms with Crippen molar-refractivity contribution in [2.75, 3.05) is 20.3 Å². The van der Waals surface area contributed by atoms with Crippen LogP contribution in [0.25, 0.3) is 6.08 Å². The average Bonchev–Trinajstić information content (AvgIpc) is 2.50. The minimum atomic E-state index is -0.553. The van der Waals surface area contributed by atoms with Crippen LogP contribution < -0.4 is 24.8 Å². The summed E-state index contributed by atoms with van der Waals surface area (Å²) in [5, 5.41) is 4.74. The molecule has 0 atom stereocenters. The zero-order valence-electron chi connectivity index (χ0n) is 11.6. The van der Waals surface area contributed by atoms with E-state index in [1.807, 2.05) is 0 Å². The molecule has 1 saturated heterocycles. The first kappa shape index (κ1) is 14.3. The third kappa shape index (κ3) is 2.60. The summed E-state index contributed by atoms with van der Waals surface area (Å²) in [6.07, 6.45) is 1.44. The van der Waals surface area contributed by atoms with E-state index in [1.54, 1.807) is 12.1 Å². The van der Waals surface area contributed by atoms with E-state index in [0.717, 1.165) is 0 Å². The van der Waals surface area contributed by atoms with Gasteiger partial charge in [-0.05, 0) is 36.0 Å². The van der Waals surface area contributed by atoms with Crippen LogP contribution in [0.2, 0.25) is 0 Å². The average molecular weight is 320 g/mol. The lowest BCUT2D eigenvalue weighted by Gasteiger charge is -2.21. The summed E-state index contributed by atoms with van der Waals surface area (Å²) in [5.41, 5.74) is 0.529. The summed E-state index contributed by atoms with van der Waals surface area (Å²) in [7, 11) is 1.50. The number of carbonyl (C=O) groups excluding carboxylic acids is 2. The molecule has 0 bridgehead atoms. The largest absolute Gasteiger partial charge is 0.493 e. The third-order valence-corrected chi connectivity index (χ3v) is 3.31. The van der Waals surface area contributed by atoms with Gasteiger partial charge in [0.2, 0.25) is 5.75 Å². The summed E-state index contributed by atoms with van der Waals surface area (Å²) in [5.74, 6) is 0.376. The van der Waals surface area contributed by atoms with E-state index >= 15 is 0 Å². The number of carbonyl (C=O) groups is 2. The summed E-state index contributed by atoms with van der Waals surface area (Å²) < 4.78 is 16.3. The molecule has 0 saturated carbocycles. The lowest BCUT2D eigenvalue weighted by atomic mass is 10.1. The number of rotatable bonds is 2. The van der Waals surface area contributed by atoms with Gasteiger partial charge < -0.3 is 14.2 Å². The van der Waals surface area contributed by atoms with Gasteiger partial charge in [-0.3, -0.25) is 20.2 Å². The first-order valence-corrected chi connectivity index (χ1v) is 6.85. The van der Waals surface area contributed by atoms with Gasteiger partial charge in [0.05, 0.1) is 7.11 Å². The molecule has 114 valence electrons. The van der Waals surface area contributed by atoms with Gasteiger partial charge in [-0.15, -0.1) is 0 Å². The Hall–Kier alpha value is -2.61. The standard InChI is InChI=1S/C14H12N2O5S/c1-19-9-5-7(6-10-11(9)21-3-2-20-10)4-8-12(17)15-14(22)16-13(8)18/h4-6H,2-3H2,1H3,(H2,15,16,17,18,22). The Balaban J connectivity index is 2.01. The second-order valence-corrected chi connectivity index (χ2v) is 4.95. The van der Waals surface area contributed by atoms with E-state index in [0.29, 0.717) is 36.0 Å². The molecule has 0 aliphatic carbocycles. The number of hydrogen-bond acceptors (Lipinski definition) is 6. The number of benzene rings is 1. The SMILES string of the molecule is COc1cc(C=C2C(=O)NC(=S)NC2=O)cc2c1OCCO2. The summed E-state index contributed by atoms with van der Waals surface area (Å²) in [6, 6.07) is 3.34. The van der Waals surface area contributed by atoms with Crippen LogP contribution in [0.4, 0.5) is 0 Å². The molecular formula is C14H12N2O5S. The van der Waals surface area contributed by atoms with E-state index in [-0.39, 0.29) is 10.7 Å². The first-order chi connectivity index (χ1) is 10.6. The van der Waals surface area contributed by atoms with Gasteiger partial charge in [0.25, 0.3) is 11.8 Å². The number of hydrogen-bond donors (Lipinski definition) is 2. The molecule has 1 fully saturated rings. The molecular weight excluding hydrogens is 308 g/mol. The Labute approximate surface area is 131 Å². The van der Waals surface area contributed by atoms with E-state index in [4.69, 9.17) is 26.4 Å². The van der Waals surface area contributed by atoms with Crippen LogP contribution >= 0.6 is 12.2 Å². The lowest BCUT2D eigenvalue weighted by Crippen LogP contribution is -2.51. The van der Waals surface area contributed by atoms with Gasteiger partial charge in [0.1, 0.15) is 18.8 Å². The maximum absolute atomic E-state index is 11.8. The molecule has 2 aliphatic heterocycles. The fraction of sp³-hybridized carbons (Fsp3) is 0.214. The van der Waals surface area contributed by atoms with Crippen molar-refractivity contribution in [3.63, 3.8) is 0 Å². The van der Waals surface area contributed by atoms with Gasteiger partial charge in [0, 0.05) is 0 Å². The molecule has 2 heterocycles. The Morgan fingerprint density at radius 1 is 1.18 bits per heavy atom. The third-order valence-electron chi connectivity index (χ3n) is 3.10. The van der Waals surface area contributed by atoms with Crippen molar-refractivity contribution in [1.82, 2.24) is 10.6 Å². The molecule has 1 aromatic carbocycles. The highest BCUT2D eigenvalue weighted by Gasteiger charge is 2.26. The van der Waals surface area contributed by atoms with Crippen molar-refractivity contribution in [2.24, 2.45) is 0 Å². The number of nitrogens with one attached hydrogen (secondary N) is 2. The fourth-order valence-electron chi connectivity index (χ4n) is 2.15. The van der Waals surface area contributed by atoms with Crippen molar-refractivity contribution in [1.29, 1.82) is 0 Å². The van der Waals surface area contributed by atoms with Crippen LogP contribution in [0.3, 0.4) is 0 Å². The second-order valence-electron chi connectivity index (χ2n) is 4.54. The highest BCUT2D eigenvalue weighted by Crippen LogP contribution is 2.40. The number of fused-ring (bicyclic) bond motifs is 1. The molecule has 2 aliphatic rings. The van der Waals surface area contributed by atoms with Crippen LogP contribution in [0, 0.1) is 0 Å². The van der Waals surface area contributed by atoms with E-state index in [9.17, 15) is 9.59 Å². The van der Waals surface area contributed by atoms with Crippen molar-refractivity contribution >= 4 is 35.2 Å². The molecule has 7 nitrogen and oxygen atoms in total. The minimum absolute atomic E-state index is 0.00750. The number of thiocarbonyl (C=S) groups is 1. The van der Waals surface area contributed by atoms with Crippen molar-refractivity contribution in [3.8, 4) is 17.2 Å². The van der Waals surface area contributed by atoms with Crippen LogP contribution in [-0.4, -0.2) is 37.3 Å². The molecule has 2 N–H and O–H groups in total. The van der Waals surface area contributed by atoms with Crippen LogP contribution in [0.5, 0.6) is 17.2 Å². The summed E-state index contributed by atoms with van der Waals surface area (Å²) in [6.45, 7) is 0.859. The van der Waals surface area contributed by atoms with Crippen LogP contribution in [0.1, 0.15) is 5.56 Å². The van der Waals surface area contributed by atoms with Crippen LogP contribution in [0.15, 0.2) is 17.7 Å². The molecule has 0 spiro atoms. The van der Waals surface area contributed by atoms with Crippen LogP contribution in [-0.2, 0) is 9.59 Å². The van der Waals surface area contributed by atoms with Gasteiger partial charge in [-0.2, -0.15) is 0 Å². The molecule has 8 heteroatoms. The van der Waals surface area contributed by atoms with Crippen molar-refractivity contribution in [2.45, 2.75) is 0 Å². The minimum Gasteiger partial charge on any atom is -0.493 e. The lowest BCUT2D eigenvalue weighted by molar-refractivity contribution is -0.123. The monoisotopic (exact) mass is 320 g/mol. The van der Waals surface area contributed by atoms with Gasteiger partial charge in [0.15, 0.2) is 16.6 Å². The maximum Gasteiger partial charge on any atom is 0.263 e. The number of ether oxygens (including phenoxy) is 3. The summed E-state index contributed by atoms with van der Waals surface area (Å²) in [4.78, 5) is 23.7. The zero-order valence-corrected chi connectivity index (χ0v) is 12.4. The topological polar surface area (TPSA) is 85.9 Å². The normalized spacial score (nSPS) is 16.8. The quantitative estimate of drug-likeness (QED) is 0.465. The Morgan fingerprint density at radius 3 is 2.55 bits per heavy atom. The predicted molar refractivity (Wildman–Crippen MR) is 80.8 cm³/mol. The maximum atomic E-state index is 11.8. The fourth-order valence-corrected chi connectivity index (χ4v) is 2.34. The van der Waals surface area contributed by atoms with Gasteiger partial charge in [-0.1, -0.05) is 0 Å². The first-order valence-electron chi connectivity index (χ1n) is 6.44. The molecule has 22 heavy (non-hydrogen) atoms. The molecule has 1 aromatic rings. The smallest absolute Gasteiger partial charge is 0.263 e. The van der Waals surface area contributed by atoms with Gasteiger partial charge in [-0.25, -0.2) is 0 Å². The molecule has 0 unspecified atom stereocenters. The van der Waals surface area contributed by atoms with E-state index in [2.05, 4.69) is 10.6 Å². The van der Waals surface area contributed by atoms with Gasteiger partial charge >= 0.3 is 0 Å². The number of methoxy groups -OCH3 is 1. The highest BCUT2D eigenvalue weighted by atomic mass is 32.1. The molecule has 0 radical (unpaired) electrons. The molecule has 2 amide bonds. The van der Waals surface area contributed by atoms with E-state index < -0.39 is 11.8 Å². The van der Waals surface area contributed by atoms with E-state index in [1.165, 1.54) is 13.2 Å². The molecule has 3 rings (SSSR count). The number of amides is 2. The Bertz CT molecular complexity index is 674. The summed E-state index contributed by atoms with van der Waals surface area (Å²) >= 11 is 4.75. The second kappa shape index (κ2) is 5.64. The van der Waals surface area contributed by atoms with Crippen molar-refractivity contribution in [3.05, 3.63) is 23.3 Å². The Kier molecular flexibility index (Phi) is 3.68. The molecule has 0 aromatic heterocycles.